The first-order chi connectivity index (χ1) is 10.0. The van der Waals surface area contributed by atoms with Gasteiger partial charge in [-0.25, -0.2) is 0 Å². The molecule has 0 radical (unpaired) electrons. The highest BCUT2D eigenvalue weighted by atomic mass is 32.2. The quantitative estimate of drug-likeness (QED) is 0.929. The SMILES string of the molecule is CC(C)(C#N)C(=O)Nc1cccc(CN2CCSCC2)c1. The number of hydrogen-bond donors (Lipinski definition) is 1. The molecule has 112 valence electrons. The lowest BCUT2D eigenvalue weighted by atomic mass is 9.94. The van der Waals surface area contributed by atoms with Crippen LogP contribution in [-0.2, 0) is 11.3 Å². The fraction of sp³-hybridized carbons (Fsp3) is 0.500. The lowest BCUT2D eigenvalue weighted by molar-refractivity contribution is -0.121. The Hall–Kier alpha value is -1.51. The molecular formula is C16H21N3OS. The molecule has 0 saturated carbocycles. The van der Waals surface area contributed by atoms with E-state index in [0.29, 0.717) is 0 Å². The Morgan fingerprint density at radius 3 is 2.81 bits per heavy atom. The number of carbonyl (C=O) groups excluding carboxylic acids is 1. The van der Waals surface area contributed by atoms with E-state index in [1.807, 2.05) is 36.0 Å². The molecule has 1 saturated heterocycles. The second-order valence-corrected chi connectivity index (χ2v) is 7.00. The number of benzene rings is 1. The first-order valence-corrected chi connectivity index (χ1v) is 8.28. The Labute approximate surface area is 130 Å². The van der Waals surface area contributed by atoms with Crippen molar-refractivity contribution in [3.8, 4) is 6.07 Å². The number of rotatable bonds is 4. The minimum Gasteiger partial charge on any atom is -0.325 e. The van der Waals surface area contributed by atoms with Gasteiger partial charge in [0.05, 0.1) is 6.07 Å². The summed E-state index contributed by atoms with van der Waals surface area (Å²) in [7, 11) is 0. The zero-order chi connectivity index (χ0) is 15.3. The maximum atomic E-state index is 12.0. The van der Waals surface area contributed by atoms with Crippen LogP contribution in [0.5, 0.6) is 0 Å². The molecule has 1 heterocycles. The van der Waals surface area contributed by atoms with Crippen molar-refractivity contribution in [2.24, 2.45) is 5.41 Å². The van der Waals surface area contributed by atoms with E-state index in [1.54, 1.807) is 13.8 Å². The van der Waals surface area contributed by atoms with Crippen LogP contribution in [0.25, 0.3) is 0 Å². The lowest BCUT2D eigenvalue weighted by Crippen LogP contribution is -2.32. The molecule has 1 N–H and O–H groups in total. The predicted octanol–water partition coefficient (Wildman–Crippen LogP) is 2.72. The van der Waals surface area contributed by atoms with Gasteiger partial charge in [0.25, 0.3) is 0 Å². The van der Waals surface area contributed by atoms with Gasteiger partial charge in [-0.15, -0.1) is 0 Å². The van der Waals surface area contributed by atoms with Crippen LogP contribution in [0.15, 0.2) is 24.3 Å². The molecule has 1 aliphatic heterocycles. The molecule has 0 aromatic heterocycles. The standard InChI is InChI=1S/C16H21N3OS/c1-16(2,12-17)15(20)18-14-5-3-4-13(10-14)11-19-6-8-21-9-7-19/h3-5,10H,6-9,11H2,1-2H3,(H,18,20). The van der Waals surface area contributed by atoms with Crippen molar-refractivity contribution in [1.82, 2.24) is 4.90 Å². The minimum atomic E-state index is -1.01. The molecule has 4 nitrogen and oxygen atoms in total. The van der Waals surface area contributed by atoms with E-state index in [9.17, 15) is 4.79 Å². The van der Waals surface area contributed by atoms with Crippen LogP contribution in [0.1, 0.15) is 19.4 Å². The van der Waals surface area contributed by atoms with Gasteiger partial charge in [0.1, 0.15) is 5.41 Å². The second kappa shape index (κ2) is 6.97. The van der Waals surface area contributed by atoms with Crippen molar-refractivity contribution in [3.05, 3.63) is 29.8 Å². The topological polar surface area (TPSA) is 56.1 Å². The molecule has 1 aromatic carbocycles. The highest BCUT2D eigenvalue weighted by Crippen LogP contribution is 2.19. The van der Waals surface area contributed by atoms with E-state index >= 15 is 0 Å². The van der Waals surface area contributed by atoms with E-state index < -0.39 is 5.41 Å². The molecule has 1 aromatic rings. The summed E-state index contributed by atoms with van der Waals surface area (Å²) in [6.45, 7) is 6.38. The number of amides is 1. The third-order valence-electron chi connectivity index (χ3n) is 3.54. The number of carbonyl (C=O) groups is 1. The maximum Gasteiger partial charge on any atom is 0.244 e. The Morgan fingerprint density at radius 1 is 1.43 bits per heavy atom. The van der Waals surface area contributed by atoms with Crippen molar-refractivity contribution < 1.29 is 4.79 Å². The molecule has 1 aliphatic rings. The molecule has 1 fully saturated rings. The fourth-order valence-electron chi connectivity index (χ4n) is 2.10. The summed E-state index contributed by atoms with van der Waals surface area (Å²) in [6, 6.07) is 9.90. The fourth-order valence-corrected chi connectivity index (χ4v) is 3.08. The van der Waals surface area contributed by atoms with Gasteiger partial charge in [0.2, 0.25) is 5.91 Å². The van der Waals surface area contributed by atoms with Crippen molar-refractivity contribution in [2.75, 3.05) is 29.9 Å². The maximum absolute atomic E-state index is 12.0. The van der Waals surface area contributed by atoms with Gasteiger partial charge in [0.15, 0.2) is 0 Å². The van der Waals surface area contributed by atoms with Crippen molar-refractivity contribution >= 4 is 23.4 Å². The van der Waals surface area contributed by atoms with Gasteiger partial charge < -0.3 is 5.32 Å². The third kappa shape index (κ3) is 4.48. The molecule has 0 bridgehead atoms. The average Bonchev–Trinajstić information content (AvgIpc) is 2.48. The number of thioether (sulfide) groups is 1. The van der Waals surface area contributed by atoms with Gasteiger partial charge in [-0.3, -0.25) is 9.69 Å². The Balaban J connectivity index is 2.00. The number of nitrogens with one attached hydrogen (secondary N) is 1. The van der Waals surface area contributed by atoms with Crippen LogP contribution < -0.4 is 5.32 Å². The summed E-state index contributed by atoms with van der Waals surface area (Å²) in [6.07, 6.45) is 0. The smallest absolute Gasteiger partial charge is 0.244 e. The molecule has 0 aliphatic carbocycles. The molecule has 0 unspecified atom stereocenters. The molecule has 0 spiro atoms. The number of nitrogens with zero attached hydrogens (tertiary/aromatic N) is 2. The highest BCUT2D eigenvalue weighted by Gasteiger charge is 2.27. The van der Waals surface area contributed by atoms with Gasteiger partial charge in [0, 0.05) is 36.8 Å². The Kier molecular flexibility index (Phi) is 5.27. The average molecular weight is 303 g/mol. The summed E-state index contributed by atoms with van der Waals surface area (Å²) in [4.78, 5) is 14.4. The third-order valence-corrected chi connectivity index (χ3v) is 4.48. The summed E-state index contributed by atoms with van der Waals surface area (Å²) in [5.74, 6) is 2.11. The van der Waals surface area contributed by atoms with Crippen LogP contribution in [-0.4, -0.2) is 35.4 Å². The zero-order valence-electron chi connectivity index (χ0n) is 12.6. The monoisotopic (exact) mass is 303 g/mol. The minimum absolute atomic E-state index is 0.267. The van der Waals surface area contributed by atoms with Crippen molar-refractivity contribution in [3.63, 3.8) is 0 Å². The Morgan fingerprint density at radius 2 is 2.14 bits per heavy atom. The first-order valence-electron chi connectivity index (χ1n) is 7.13. The van der Waals surface area contributed by atoms with Gasteiger partial charge in [-0.2, -0.15) is 17.0 Å². The Bertz CT molecular complexity index is 545. The number of anilines is 1. The largest absolute Gasteiger partial charge is 0.325 e. The van der Waals surface area contributed by atoms with Crippen LogP contribution in [0.3, 0.4) is 0 Å². The number of nitriles is 1. The van der Waals surface area contributed by atoms with Crippen LogP contribution in [0, 0.1) is 16.7 Å². The normalized spacial score (nSPS) is 16.2. The van der Waals surface area contributed by atoms with Gasteiger partial charge in [-0.1, -0.05) is 12.1 Å². The van der Waals surface area contributed by atoms with E-state index in [1.165, 1.54) is 17.1 Å². The van der Waals surface area contributed by atoms with E-state index in [2.05, 4.69) is 16.3 Å². The number of hydrogen-bond acceptors (Lipinski definition) is 4. The summed E-state index contributed by atoms with van der Waals surface area (Å²) in [5.41, 5.74) is 0.932. The van der Waals surface area contributed by atoms with E-state index in [0.717, 1.165) is 25.3 Å². The lowest BCUT2D eigenvalue weighted by Gasteiger charge is -2.26. The second-order valence-electron chi connectivity index (χ2n) is 5.78. The molecule has 21 heavy (non-hydrogen) atoms. The molecule has 1 amide bonds. The molecule has 5 heteroatoms. The van der Waals surface area contributed by atoms with Crippen LogP contribution in [0.4, 0.5) is 5.69 Å². The highest BCUT2D eigenvalue weighted by molar-refractivity contribution is 7.99. The van der Waals surface area contributed by atoms with E-state index in [4.69, 9.17) is 5.26 Å². The first kappa shape index (κ1) is 15.9. The van der Waals surface area contributed by atoms with Crippen LogP contribution >= 0.6 is 11.8 Å². The van der Waals surface area contributed by atoms with Crippen molar-refractivity contribution in [2.45, 2.75) is 20.4 Å². The molecule has 2 rings (SSSR count). The van der Waals surface area contributed by atoms with Crippen LogP contribution in [0.2, 0.25) is 0 Å². The summed E-state index contributed by atoms with van der Waals surface area (Å²) < 4.78 is 0. The molecular weight excluding hydrogens is 282 g/mol. The molecule has 0 atom stereocenters. The van der Waals surface area contributed by atoms with Gasteiger partial charge in [-0.05, 0) is 31.5 Å². The van der Waals surface area contributed by atoms with Crippen molar-refractivity contribution in [1.29, 1.82) is 5.26 Å². The van der Waals surface area contributed by atoms with Gasteiger partial charge >= 0.3 is 0 Å². The summed E-state index contributed by atoms with van der Waals surface area (Å²) in [5, 5.41) is 11.8. The zero-order valence-corrected chi connectivity index (χ0v) is 13.4. The van der Waals surface area contributed by atoms with E-state index in [-0.39, 0.29) is 5.91 Å². The predicted molar refractivity (Wildman–Crippen MR) is 87.1 cm³/mol. The summed E-state index contributed by atoms with van der Waals surface area (Å²) >= 11 is 2.00.